The molecule has 1 aliphatic rings. The SMILES string of the molecule is CCN1CCN(CCCOc2ccc(C(=O)O)cc2)CC1. The van der Waals surface area contributed by atoms with E-state index in [1.54, 1.807) is 24.3 Å². The smallest absolute Gasteiger partial charge is 0.335 e. The first-order valence-electron chi connectivity index (χ1n) is 7.60. The number of likely N-dealkylation sites (N-methyl/N-ethyl adjacent to an activating group) is 1. The molecule has 21 heavy (non-hydrogen) atoms. The highest BCUT2D eigenvalue weighted by molar-refractivity contribution is 5.87. The number of benzene rings is 1. The number of carboxylic acids is 1. The Kier molecular flexibility index (Phi) is 6.02. The van der Waals surface area contributed by atoms with Crippen molar-refractivity contribution in [2.45, 2.75) is 13.3 Å². The Labute approximate surface area is 126 Å². The second-order valence-electron chi connectivity index (χ2n) is 5.31. The number of ether oxygens (including phenoxy) is 1. The van der Waals surface area contributed by atoms with E-state index in [2.05, 4.69) is 16.7 Å². The molecule has 0 aromatic heterocycles. The lowest BCUT2D eigenvalue weighted by atomic mass is 10.2. The zero-order valence-electron chi connectivity index (χ0n) is 12.6. The van der Waals surface area contributed by atoms with Crippen LogP contribution in [0.1, 0.15) is 23.7 Å². The first-order chi connectivity index (χ1) is 10.2. The molecule has 0 unspecified atom stereocenters. The minimum atomic E-state index is -0.909. The molecule has 5 nitrogen and oxygen atoms in total. The molecule has 2 rings (SSSR count). The maximum atomic E-state index is 10.7. The number of aromatic carboxylic acids is 1. The molecule has 1 aromatic carbocycles. The van der Waals surface area contributed by atoms with Crippen LogP contribution in [0.5, 0.6) is 5.75 Å². The van der Waals surface area contributed by atoms with Crippen molar-refractivity contribution in [1.82, 2.24) is 9.80 Å². The van der Waals surface area contributed by atoms with Crippen molar-refractivity contribution < 1.29 is 14.6 Å². The van der Waals surface area contributed by atoms with Gasteiger partial charge in [0.05, 0.1) is 12.2 Å². The Hall–Kier alpha value is -1.59. The van der Waals surface area contributed by atoms with Crippen molar-refractivity contribution >= 4 is 5.97 Å². The van der Waals surface area contributed by atoms with Crippen LogP contribution in [0.4, 0.5) is 0 Å². The maximum absolute atomic E-state index is 10.7. The van der Waals surface area contributed by atoms with Gasteiger partial charge >= 0.3 is 5.97 Å². The van der Waals surface area contributed by atoms with Crippen molar-refractivity contribution in [3.05, 3.63) is 29.8 Å². The second-order valence-corrected chi connectivity index (χ2v) is 5.31. The summed E-state index contributed by atoms with van der Waals surface area (Å²) in [7, 11) is 0. The summed E-state index contributed by atoms with van der Waals surface area (Å²) in [6.45, 7) is 9.68. The fraction of sp³-hybridized carbons (Fsp3) is 0.562. The predicted octanol–water partition coefficient (Wildman–Crippen LogP) is 1.79. The minimum absolute atomic E-state index is 0.288. The predicted molar refractivity (Wildman–Crippen MR) is 82.1 cm³/mol. The van der Waals surface area contributed by atoms with Crippen LogP contribution < -0.4 is 4.74 Å². The molecule has 5 heteroatoms. The number of hydrogen-bond acceptors (Lipinski definition) is 4. The summed E-state index contributed by atoms with van der Waals surface area (Å²) in [4.78, 5) is 15.7. The quantitative estimate of drug-likeness (QED) is 0.777. The largest absolute Gasteiger partial charge is 0.494 e. The van der Waals surface area contributed by atoms with Crippen molar-refractivity contribution in [3.8, 4) is 5.75 Å². The van der Waals surface area contributed by atoms with Gasteiger partial charge in [-0.25, -0.2) is 4.79 Å². The van der Waals surface area contributed by atoms with Gasteiger partial charge in [-0.15, -0.1) is 0 Å². The number of piperazine rings is 1. The summed E-state index contributed by atoms with van der Waals surface area (Å²) in [6, 6.07) is 6.57. The molecule has 1 fully saturated rings. The Balaban J connectivity index is 1.62. The van der Waals surface area contributed by atoms with Gasteiger partial charge < -0.3 is 19.6 Å². The molecule has 0 amide bonds. The molecular formula is C16H24N2O3. The van der Waals surface area contributed by atoms with E-state index in [-0.39, 0.29) is 5.56 Å². The third-order valence-electron chi connectivity index (χ3n) is 3.90. The third kappa shape index (κ3) is 5.02. The summed E-state index contributed by atoms with van der Waals surface area (Å²) in [6.07, 6.45) is 0.993. The van der Waals surface area contributed by atoms with E-state index in [1.165, 1.54) is 0 Å². The Morgan fingerprint density at radius 2 is 1.76 bits per heavy atom. The van der Waals surface area contributed by atoms with Gasteiger partial charge in [0.1, 0.15) is 5.75 Å². The third-order valence-corrected chi connectivity index (χ3v) is 3.90. The van der Waals surface area contributed by atoms with E-state index in [1.807, 2.05) is 0 Å². The highest BCUT2D eigenvalue weighted by Crippen LogP contribution is 2.12. The number of hydrogen-bond donors (Lipinski definition) is 1. The van der Waals surface area contributed by atoms with Crippen molar-refractivity contribution in [2.75, 3.05) is 45.9 Å². The highest BCUT2D eigenvalue weighted by atomic mass is 16.5. The van der Waals surface area contributed by atoms with Gasteiger partial charge in [0, 0.05) is 32.7 Å². The lowest BCUT2D eigenvalue weighted by molar-refractivity contribution is 0.0697. The van der Waals surface area contributed by atoms with Crippen LogP contribution in [0.2, 0.25) is 0 Å². The zero-order chi connectivity index (χ0) is 15.1. The van der Waals surface area contributed by atoms with Crippen LogP contribution in [0.15, 0.2) is 24.3 Å². The number of nitrogens with zero attached hydrogens (tertiary/aromatic N) is 2. The molecular weight excluding hydrogens is 268 g/mol. The van der Waals surface area contributed by atoms with E-state index >= 15 is 0 Å². The number of carboxylic acid groups (broad SMARTS) is 1. The van der Waals surface area contributed by atoms with Crippen molar-refractivity contribution in [3.63, 3.8) is 0 Å². The lowest BCUT2D eigenvalue weighted by Crippen LogP contribution is -2.46. The van der Waals surface area contributed by atoms with Gasteiger partial charge in [0.15, 0.2) is 0 Å². The van der Waals surface area contributed by atoms with Gasteiger partial charge in [-0.2, -0.15) is 0 Å². The molecule has 1 aromatic rings. The van der Waals surface area contributed by atoms with E-state index in [0.29, 0.717) is 6.61 Å². The van der Waals surface area contributed by atoms with Crippen LogP contribution in [-0.4, -0.2) is 66.8 Å². The van der Waals surface area contributed by atoms with Crippen LogP contribution >= 0.6 is 0 Å². The average Bonchev–Trinajstić information content (AvgIpc) is 2.52. The second kappa shape index (κ2) is 8.00. The van der Waals surface area contributed by atoms with Crippen LogP contribution in [0.3, 0.4) is 0 Å². The molecule has 1 heterocycles. The van der Waals surface area contributed by atoms with Crippen molar-refractivity contribution in [1.29, 1.82) is 0 Å². The van der Waals surface area contributed by atoms with Crippen LogP contribution in [-0.2, 0) is 0 Å². The monoisotopic (exact) mass is 292 g/mol. The summed E-state index contributed by atoms with van der Waals surface area (Å²) in [5, 5.41) is 8.82. The van der Waals surface area contributed by atoms with E-state index in [9.17, 15) is 4.79 Å². The Morgan fingerprint density at radius 1 is 1.14 bits per heavy atom. The normalized spacial score (nSPS) is 16.8. The summed E-state index contributed by atoms with van der Waals surface area (Å²) in [5.41, 5.74) is 0.288. The average molecular weight is 292 g/mol. The maximum Gasteiger partial charge on any atom is 0.335 e. The van der Waals surface area contributed by atoms with Gasteiger partial charge in [-0.1, -0.05) is 6.92 Å². The van der Waals surface area contributed by atoms with Crippen molar-refractivity contribution in [2.24, 2.45) is 0 Å². The fourth-order valence-electron chi connectivity index (χ4n) is 2.50. The molecule has 1 aliphatic heterocycles. The number of carbonyl (C=O) groups is 1. The highest BCUT2D eigenvalue weighted by Gasteiger charge is 2.14. The summed E-state index contributed by atoms with van der Waals surface area (Å²) in [5.74, 6) is -0.177. The van der Waals surface area contributed by atoms with E-state index < -0.39 is 5.97 Å². The molecule has 0 bridgehead atoms. The first kappa shape index (κ1) is 15.8. The van der Waals surface area contributed by atoms with Gasteiger partial charge in [-0.05, 0) is 37.2 Å². The molecule has 1 saturated heterocycles. The molecule has 1 N–H and O–H groups in total. The molecule has 0 saturated carbocycles. The molecule has 0 atom stereocenters. The number of rotatable bonds is 7. The van der Waals surface area contributed by atoms with Crippen LogP contribution in [0, 0.1) is 0 Å². The summed E-state index contributed by atoms with van der Waals surface area (Å²) < 4.78 is 5.64. The topological polar surface area (TPSA) is 53.0 Å². The Bertz CT molecular complexity index is 439. The zero-order valence-corrected chi connectivity index (χ0v) is 12.6. The lowest BCUT2D eigenvalue weighted by Gasteiger charge is -2.33. The molecule has 0 radical (unpaired) electrons. The first-order valence-corrected chi connectivity index (χ1v) is 7.60. The van der Waals surface area contributed by atoms with Gasteiger partial charge in [-0.3, -0.25) is 0 Å². The van der Waals surface area contributed by atoms with Gasteiger partial charge in [0.25, 0.3) is 0 Å². The van der Waals surface area contributed by atoms with Gasteiger partial charge in [0.2, 0.25) is 0 Å². The molecule has 0 spiro atoms. The Morgan fingerprint density at radius 3 is 2.33 bits per heavy atom. The minimum Gasteiger partial charge on any atom is -0.494 e. The summed E-state index contributed by atoms with van der Waals surface area (Å²) >= 11 is 0. The molecule has 0 aliphatic carbocycles. The van der Waals surface area contributed by atoms with Crippen LogP contribution in [0.25, 0.3) is 0 Å². The van der Waals surface area contributed by atoms with E-state index in [4.69, 9.17) is 9.84 Å². The molecule has 116 valence electrons. The standard InChI is InChI=1S/C16H24N2O3/c1-2-17-9-11-18(12-10-17)8-3-13-21-15-6-4-14(5-7-15)16(19)20/h4-7H,2-3,8-13H2,1H3,(H,19,20). The van der Waals surface area contributed by atoms with E-state index in [0.717, 1.165) is 51.4 Å². The fourth-order valence-corrected chi connectivity index (χ4v) is 2.50.